The first-order valence-electron chi connectivity index (χ1n) is 11.0. The fourth-order valence-corrected chi connectivity index (χ4v) is 6.03. The Morgan fingerprint density at radius 2 is 1.93 bits per heavy atom. The molecule has 1 amide bonds. The monoisotopic (exact) mass is 424 g/mol. The molecule has 5 heteroatoms. The van der Waals surface area contributed by atoms with Crippen LogP contribution in [0, 0.1) is 0 Å². The first kappa shape index (κ1) is 20.0. The van der Waals surface area contributed by atoms with Crippen LogP contribution in [0.4, 0.5) is 0 Å². The molecule has 2 bridgehead atoms. The van der Waals surface area contributed by atoms with Crippen molar-refractivity contribution in [2.24, 2.45) is 0 Å². The summed E-state index contributed by atoms with van der Waals surface area (Å²) in [5, 5.41) is 3.97. The van der Waals surface area contributed by atoms with Gasteiger partial charge in [0.15, 0.2) is 0 Å². The van der Waals surface area contributed by atoms with E-state index in [0.29, 0.717) is 5.92 Å². The number of carbonyl (C=O) groups is 1. The van der Waals surface area contributed by atoms with Crippen LogP contribution in [0.15, 0.2) is 42.5 Å². The Bertz CT molecular complexity index is 969. The number of methoxy groups -OCH3 is 1. The summed E-state index contributed by atoms with van der Waals surface area (Å²) in [4.78, 5) is 14.7. The predicted molar refractivity (Wildman–Crippen MR) is 119 cm³/mol. The van der Waals surface area contributed by atoms with Crippen molar-refractivity contribution in [1.82, 2.24) is 10.2 Å². The number of fused-ring (bicyclic) bond motifs is 8. The Balaban J connectivity index is 1.35. The molecule has 4 nitrogen and oxygen atoms in total. The van der Waals surface area contributed by atoms with Crippen molar-refractivity contribution < 1.29 is 9.53 Å². The fraction of sp³-hybridized carbons (Fsp3) is 0.480. The SMILES string of the molecule is COC(C)C(=O)NC1CCN(CC23CC(c4ccccc42)c2ccc(Cl)cc23)CC1. The molecule has 3 atom stereocenters. The first-order chi connectivity index (χ1) is 14.5. The molecule has 0 spiro atoms. The number of ether oxygens (including phenoxy) is 1. The van der Waals surface area contributed by atoms with E-state index in [9.17, 15) is 4.79 Å². The molecule has 1 fully saturated rings. The summed E-state index contributed by atoms with van der Waals surface area (Å²) in [5.74, 6) is 0.474. The summed E-state index contributed by atoms with van der Waals surface area (Å²) in [7, 11) is 1.57. The van der Waals surface area contributed by atoms with Crippen LogP contribution < -0.4 is 5.32 Å². The molecule has 0 radical (unpaired) electrons. The summed E-state index contributed by atoms with van der Waals surface area (Å²) in [6, 6.07) is 15.7. The van der Waals surface area contributed by atoms with Crippen LogP contribution in [-0.4, -0.2) is 49.7 Å². The van der Waals surface area contributed by atoms with Gasteiger partial charge in [0.2, 0.25) is 5.91 Å². The van der Waals surface area contributed by atoms with Crippen LogP contribution in [-0.2, 0) is 14.9 Å². The number of likely N-dealkylation sites (tertiary alicyclic amines) is 1. The third kappa shape index (κ3) is 3.17. The van der Waals surface area contributed by atoms with Gasteiger partial charge in [-0.15, -0.1) is 0 Å². The Hall–Kier alpha value is -1.88. The van der Waals surface area contributed by atoms with Crippen LogP contribution in [0.3, 0.4) is 0 Å². The van der Waals surface area contributed by atoms with Crippen molar-refractivity contribution in [2.75, 3.05) is 26.7 Å². The van der Waals surface area contributed by atoms with Crippen molar-refractivity contribution in [2.45, 2.75) is 49.7 Å². The van der Waals surface area contributed by atoms with E-state index < -0.39 is 6.10 Å². The van der Waals surface area contributed by atoms with Gasteiger partial charge in [0.25, 0.3) is 0 Å². The molecule has 1 N–H and O–H groups in total. The van der Waals surface area contributed by atoms with E-state index in [-0.39, 0.29) is 17.4 Å². The van der Waals surface area contributed by atoms with Gasteiger partial charge in [0, 0.05) is 49.1 Å². The van der Waals surface area contributed by atoms with Gasteiger partial charge in [-0.1, -0.05) is 41.9 Å². The molecule has 2 aromatic rings. The van der Waals surface area contributed by atoms with Gasteiger partial charge < -0.3 is 15.0 Å². The average molecular weight is 425 g/mol. The summed E-state index contributed by atoms with van der Waals surface area (Å²) in [5.41, 5.74) is 5.87. The topological polar surface area (TPSA) is 41.6 Å². The minimum Gasteiger partial charge on any atom is -0.372 e. The number of hydrogen-bond acceptors (Lipinski definition) is 3. The summed E-state index contributed by atoms with van der Waals surface area (Å²) in [6.07, 6.45) is 2.70. The molecule has 0 saturated carbocycles. The Morgan fingerprint density at radius 3 is 2.70 bits per heavy atom. The highest BCUT2D eigenvalue weighted by molar-refractivity contribution is 6.30. The number of halogens is 1. The molecular formula is C25H29ClN2O2. The van der Waals surface area contributed by atoms with E-state index in [2.05, 4.69) is 46.6 Å². The van der Waals surface area contributed by atoms with E-state index in [1.54, 1.807) is 14.0 Å². The van der Waals surface area contributed by atoms with Crippen LogP contribution in [0.5, 0.6) is 0 Å². The van der Waals surface area contributed by atoms with Crippen LogP contribution >= 0.6 is 11.6 Å². The normalized spacial score (nSPS) is 26.3. The smallest absolute Gasteiger partial charge is 0.249 e. The lowest BCUT2D eigenvalue weighted by Gasteiger charge is -2.40. The van der Waals surface area contributed by atoms with Crippen molar-refractivity contribution >= 4 is 17.5 Å². The molecule has 3 aliphatic rings. The molecule has 2 aromatic carbocycles. The highest BCUT2D eigenvalue weighted by Crippen LogP contribution is 2.60. The number of piperidine rings is 1. The van der Waals surface area contributed by atoms with Crippen LogP contribution in [0.1, 0.15) is 54.4 Å². The molecule has 1 heterocycles. The lowest BCUT2D eigenvalue weighted by Crippen LogP contribution is -2.50. The zero-order chi connectivity index (χ0) is 20.9. The summed E-state index contributed by atoms with van der Waals surface area (Å²) >= 11 is 6.43. The number of benzene rings is 2. The number of amides is 1. The molecular weight excluding hydrogens is 396 g/mol. The maximum atomic E-state index is 12.1. The second kappa shape index (κ2) is 7.67. The zero-order valence-electron chi connectivity index (χ0n) is 17.7. The quantitative estimate of drug-likeness (QED) is 0.785. The number of nitrogens with one attached hydrogen (secondary N) is 1. The first-order valence-corrected chi connectivity index (χ1v) is 11.3. The van der Waals surface area contributed by atoms with Gasteiger partial charge in [-0.2, -0.15) is 0 Å². The average Bonchev–Trinajstić information content (AvgIpc) is 3.26. The molecule has 5 rings (SSSR count). The molecule has 158 valence electrons. The maximum absolute atomic E-state index is 12.1. The number of carbonyl (C=O) groups excluding carboxylic acids is 1. The van der Waals surface area contributed by atoms with Gasteiger partial charge in [0.1, 0.15) is 6.10 Å². The number of nitrogens with zero attached hydrogens (tertiary/aromatic N) is 1. The number of hydrogen-bond donors (Lipinski definition) is 1. The Morgan fingerprint density at radius 1 is 1.20 bits per heavy atom. The second-order valence-corrected chi connectivity index (χ2v) is 9.53. The van der Waals surface area contributed by atoms with Crippen molar-refractivity contribution in [3.63, 3.8) is 0 Å². The highest BCUT2D eigenvalue weighted by atomic mass is 35.5. The second-order valence-electron chi connectivity index (χ2n) is 9.09. The zero-order valence-corrected chi connectivity index (χ0v) is 18.4. The molecule has 1 saturated heterocycles. The minimum absolute atomic E-state index is 0.0125. The van der Waals surface area contributed by atoms with Crippen molar-refractivity contribution in [3.8, 4) is 0 Å². The van der Waals surface area contributed by atoms with E-state index in [4.69, 9.17) is 16.3 Å². The highest BCUT2D eigenvalue weighted by Gasteiger charge is 2.53. The Kier molecular flexibility index (Phi) is 5.12. The molecule has 30 heavy (non-hydrogen) atoms. The minimum atomic E-state index is -0.395. The molecule has 1 aliphatic heterocycles. The van der Waals surface area contributed by atoms with Crippen molar-refractivity contribution in [1.29, 1.82) is 0 Å². The summed E-state index contributed by atoms with van der Waals surface area (Å²) < 4.78 is 5.14. The standard InChI is InChI=1S/C25H29ClN2O2/c1-16(30-2)24(29)27-18-9-11-28(12-10-18)15-25-14-21(19-5-3-4-6-22(19)25)20-8-7-17(26)13-23(20)25/h3-8,13,16,18,21H,9-12,14-15H2,1-2H3,(H,27,29). The molecule has 2 aliphatic carbocycles. The predicted octanol–water partition coefficient (Wildman–Crippen LogP) is 4.09. The van der Waals surface area contributed by atoms with Gasteiger partial charge in [0.05, 0.1) is 0 Å². The lowest BCUT2D eigenvalue weighted by molar-refractivity contribution is -0.131. The lowest BCUT2D eigenvalue weighted by atomic mass is 9.74. The van der Waals surface area contributed by atoms with Gasteiger partial charge in [-0.05, 0) is 60.6 Å². The fourth-order valence-electron chi connectivity index (χ4n) is 5.86. The van der Waals surface area contributed by atoms with Crippen molar-refractivity contribution in [3.05, 3.63) is 69.7 Å². The number of rotatable bonds is 5. The van der Waals surface area contributed by atoms with E-state index in [1.807, 2.05) is 6.07 Å². The van der Waals surface area contributed by atoms with Gasteiger partial charge >= 0.3 is 0 Å². The molecule has 0 aromatic heterocycles. The van der Waals surface area contributed by atoms with Gasteiger partial charge in [-0.25, -0.2) is 0 Å². The summed E-state index contributed by atoms with van der Waals surface area (Å²) in [6.45, 7) is 4.80. The molecule has 3 unspecified atom stereocenters. The van der Waals surface area contributed by atoms with Crippen LogP contribution in [0.2, 0.25) is 5.02 Å². The Labute approximate surface area is 183 Å². The maximum Gasteiger partial charge on any atom is 0.249 e. The van der Waals surface area contributed by atoms with E-state index in [0.717, 1.165) is 43.9 Å². The van der Waals surface area contributed by atoms with Crippen LogP contribution in [0.25, 0.3) is 0 Å². The third-order valence-corrected chi connectivity index (χ3v) is 7.70. The van der Waals surface area contributed by atoms with Gasteiger partial charge in [-0.3, -0.25) is 4.79 Å². The van der Waals surface area contributed by atoms with E-state index >= 15 is 0 Å². The largest absolute Gasteiger partial charge is 0.372 e. The third-order valence-electron chi connectivity index (χ3n) is 7.46. The van der Waals surface area contributed by atoms with E-state index in [1.165, 1.54) is 22.3 Å².